The molecule has 0 aliphatic carbocycles. The molecule has 0 aliphatic heterocycles. The molecular formula is C18H22O3S. The second kappa shape index (κ2) is 5.86. The zero-order chi connectivity index (χ0) is 16.7. The van der Waals surface area contributed by atoms with E-state index in [-0.39, 0.29) is 10.8 Å². The van der Waals surface area contributed by atoms with Crippen molar-refractivity contribution in [2.24, 2.45) is 0 Å². The number of hydrogen-bond acceptors (Lipinski definition) is 2. The molecule has 0 saturated carbocycles. The Morgan fingerprint density at radius 1 is 1.00 bits per heavy atom. The van der Waals surface area contributed by atoms with Gasteiger partial charge in [-0.05, 0) is 54.5 Å². The number of benzene rings is 2. The van der Waals surface area contributed by atoms with E-state index in [0.717, 1.165) is 22.3 Å². The molecule has 0 bridgehead atoms. The first kappa shape index (κ1) is 16.7. The van der Waals surface area contributed by atoms with Crippen molar-refractivity contribution in [3.63, 3.8) is 0 Å². The molecule has 0 radical (unpaired) electrons. The zero-order valence-electron chi connectivity index (χ0n) is 13.6. The Labute approximate surface area is 132 Å². The fraction of sp³-hybridized carbons (Fsp3) is 0.333. The summed E-state index contributed by atoms with van der Waals surface area (Å²) >= 11 is 0. The van der Waals surface area contributed by atoms with E-state index >= 15 is 0 Å². The molecule has 0 fully saturated rings. The number of rotatable bonds is 3. The van der Waals surface area contributed by atoms with E-state index in [9.17, 15) is 13.0 Å². The Hall–Kier alpha value is -1.65. The van der Waals surface area contributed by atoms with Gasteiger partial charge in [0.2, 0.25) is 0 Å². The van der Waals surface area contributed by atoms with Gasteiger partial charge >= 0.3 is 0 Å². The van der Waals surface area contributed by atoms with E-state index in [2.05, 4.69) is 13.8 Å². The summed E-state index contributed by atoms with van der Waals surface area (Å²) in [5.41, 5.74) is 4.85. The van der Waals surface area contributed by atoms with E-state index in [1.54, 1.807) is 6.92 Å². The molecule has 3 nitrogen and oxygen atoms in total. The van der Waals surface area contributed by atoms with Gasteiger partial charge in [0.25, 0.3) is 10.1 Å². The van der Waals surface area contributed by atoms with Gasteiger partial charge in [-0.2, -0.15) is 8.42 Å². The Morgan fingerprint density at radius 2 is 1.59 bits per heavy atom. The lowest BCUT2D eigenvalue weighted by Gasteiger charge is -2.20. The molecule has 0 aliphatic rings. The highest BCUT2D eigenvalue weighted by Gasteiger charge is 2.24. The third kappa shape index (κ3) is 2.94. The van der Waals surface area contributed by atoms with Gasteiger partial charge in [-0.3, -0.25) is 4.55 Å². The lowest BCUT2D eigenvalue weighted by Crippen LogP contribution is -2.08. The molecule has 22 heavy (non-hydrogen) atoms. The van der Waals surface area contributed by atoms with Crippen molar-refractivity contribution in [1.29, 1.82) is 0 Å². The molecule has 1 N–H and O–H groups in total. The minimum Gasteiger partial charge on any atom is -0.282 e. The van der Waals surface area contributed by atoms with E-state index in [1.165, 1.54) is 0 Å². The van der Waals surface area contributed by atoms with Crippen LogP contribution in [0.15, 0.2) is 35.2 Å². The van der Waals surface area contributed by atoms with E-state index in [4.69, 9.17) is 0 Å². The van der Waals surface area contributed by atoms with Crippen LogP contribution in [0.4, 0.5) is 0 Å². The fourth-order valence-corrected chi connectivity index (χ4v) is 4.01. The van der Waals surface area contributed by atoms with Gasteiger partial charge in [0, 0.05) is 5.56 Å². The second-order valence-corrected chi connectivity index (χ2v) is 7.41. The summed E-state index contributed by atoms with van der Waals surface area (Å²) in [6.45, 7) is 9.62. The number of hydrogen-bond donors (Lipinski definition) is 1. The minimum atomic E-state index is -4.30. The maximum Gasteiger partial charge on any atom is 0.295 e. The standard InChI is InChI=1S/C18H22O3S/c1-11(2)15-8-6-7-9-16(15)17-13(4)10-12(3)14(5)18(17)22(19,20)21/h6-11H,1-5H3,(H,19,20,21). The van der Waals surface area contributed by atoms with Crippen molar-refractivity contribution < 1.29 is 13.0 Å². The van der Waals surface area contributed by atoms with Crippen LogP contribution in [0.25, 0.3) is 11.1 Å². The van der Waals surface area contributed by atoms with Gasteiger partial charge in [0.15, 0.2) is 0 Å². The molecule has 2 aromatic carbocycles. The Balaban J connectivity index is 2.97. The van der Waals surface area contributed by atoms with Crippen molar-refractivity contribution in [3.05, 3.63) is 52.6 Å². The molecule has 2 aromatic rings. The van der Waals surface area contributed by atoms with Crippen molar-refractivity contribution in [2.45, 2.75) is 45.4 Å². The van der Waals surface area contributed by atoms with Crippen LogP contribution in [0, 0.1) is 20.8 Å². The van der Waals surface area contributed by atoms with E-state index in [1.807, 2.05) is 44.2 Å². The predicted octanol–water partition coefficient (Wildman–Crippen LogP) is 4.65. The number of aryl methyl sites for hydroxylation is 2. The van der Waals surface area contributed by atoms with Crippen LogP contribution in [0.1, 0.15) is 42.0 Å². The maximum atomic E-state index is 12.0. The Morgan fingerprint density at radius 3 is 2.14 bits per heavy atom. The SMILES string of the molecule is Cc1cc(C)c(-c2ccccc2C(C)C)c(S(=O)(=O)O)c1C. The first-order valence-corrected chi connectivity index (χ1v) is 8.76. The largest absolute Gasteiger partial charge is 0.295 e. The average molecular weight is 318 g/mol. The monoisotopic (exact) mass is 318 g/mol. The topological polar surface area (TPSA) is 54.4 Å². The molecule has 4 heteroatoms. The van der Waals surface area contributed by atoms with Crippen LogP contribution in [0.3, 0.4) is 0 Å². The lowest BCUT2D eigenvalue weighted by atomic mass is 9.88. The predicted molar refractivity (Wildman–Crippen MR) is 90.0 cm³/mol. The highest BCUT2D eigenvalue weighted by Crippen LogP contribution is 2.38. The van der Waals surface area contributed by atoms with Gasteiger partial charge in [-0.25, -0.2) is 0 Å². The quantitative estimate of drug-likeness (QED) is 0.838. The van der Waals surface area contributed by atoms with Crippen LogP contribution in [0.2, 0.25) is 0 Å². The molecular weight excluding hydrogens is 296 g/mol. The maximum absolute atomic E-state index is 12.0. The smallest absolute Gasteiger partial charge is 0.282 e. The molecule has 2 rings (SSSR count). The molecule has 0 spiro atoms. The summed E-state index contributed by atoms with van der Waals surface area (Å²) in [7, 11) is -4.30. The Bertz CT molecular complexity index is 818. The lowest BCUT2D eigenvalue weighted by molar-refractivity contribution is 0.482. The molecule has 0 heterocycles. The second-order valence-electron chi connectivity index (χ2n) is 6.06. The fourth-order valence-electron chi connectivity index (χ4n) is 2.94. The Kier molecular flexibility index (Phi) is 4.45. The van der Waals surface area contributed by atoms with Gasteiger partial charge in [-0.1, -0.05) is 44.2 Å². The van der Waals surface area contributed by atoms with Crippen LogP contribution >= 0.6 is 0 Å². The average Bonchev–Trinajstić information content (AvgIpc) is 2.41. The van der Waals surface area contributed by atoms with Crippen LogP contribution < -0.4 is 0 Å². The van der Waals surface area contributed by atoms with Gasteiger partial charge in [0.1, 0.15) is 4.90 Å². The van der Waals surface area contributed by atoms with Crippen molar-refractivity contribution >= 4 is 10.1 Å². The summed E-state index contributed by atoms with van der Waals surface area (Å²) in [6, 6.07) is 9.73. The van der Waals surface area contributed by atoms with E-state index in [0.29, 0.717) is 11.1 Å². The van der Waals surface area contributed by atoms with Gasteiger partial charge in [-0.15, -0.1) is 0 Å². The van der Waals surface area contributed by atoms with Gasteiger partial charge in [0.05, 0.1) is 0 Å². The molecule has 0 unspecified atom stereocenters. The highest BCUT2D eigenvalue weighted by atomic mass is 32.2. The van der Waals surface area contributed by atoms with Crippen molar-refractivity contribution in [3.8, 4) is 11.1 Å². The molecule has 0 aromatic heterocycles. The molecule has 0 atom stereocenters. The molecule has 0 amide bonds. The van der Waals surface area contributed by atoms with Crippen molar-refractivity contribution in [1.82, 2.24) is 0 Å². The van der Waals surface area contributed by atoms with Crippen LogP contribution in [-0.2, 0) is 10.1 Å². The third-order valence-electron chi connectivity index (χ3n) is 4.10. The van der Waals surface area contributed by atoms with Crippen molar-refractivity contribution in [2.75, 3.05) is 0 Å². The first-order valence-electron chi connectivity index (χ1n) is 7.32. The summed E-state index contributed by atoms with van der Waals surface area (Å²) in [6.07, 6.45) is 0. The van der Waals surface area contributed by atoms with E-state index < -0.39 is 10.1 Å². The summed E-state index contributed by atoms with van der Waals surface area (Å²) in [5.74, 6) is 0.256. The molecule has 118 valence electrons. The minimum absolute atomic E-state index is 0.0260. The summed E-state index contributed by atoms with van der Waals surface area (Å²) in [5, 5.41) is 0. The normalized spacial score (nSPS) is 12.0. The van der Waals surface area contributed by atoms with Crippen LogP contribution in [0.5, 0.6) is 0 Å². The highest BCUT2D eigenvalue weighted by molar-refractivity contribution is 7.86. The summed E-state index contributed by atoms with van der Waals surface area (Å²) < 4.78 is 33.7. The third-order valence-corrected chi connectivity index (χ3v) is 5.12. The first-order chi connectivity index (χ1) is 10.1. The molecule has 0 saturated heterocycles. The van der Waals surface area contributed by atoms with Crippen LogP contribution in [-0.4, -0.2) is 13.0 Å². The zero-order valence-corrected chi connectivity index (χ0v) is 14.5. The van der Waals surface area contributed by atoms with Gasteiger partial charge < -0.3 is 0 Å². The summed E-state index contributed by atoms with van der Waals surface area (Å²) in [4.78, 5) is 0.0260.